The Morgan fingerprint density at radius 1 is 1.23 bits per heavy atom. The maximum Gasteiger partial charge on any atom is 0.323 e. The van der Waals surface area contributed by atoms with Crippen LogP contribution in [0.5, 0.6) is 0 Å². The Hall–Kier alpha value is -2.35. The molecular formula is C17H17Cl2N3O4. The van der Waals surface area contributed by atoms with Crippen molar-refractivity contribution in [1.29, 1.82) is 0 Å². The Kier molecular flexibility index (Phi) is 6.79. The molecule has 138 valence electrons. The molecule has 0 aliphatic rings. The highest BCUT2D eigenvalue weighted by Gasteiger charge is 2.19. The first-order chi connectivity index (χ1) is 12.3. The predicted octanol–water partition coefficient (Wildman–Crippen LogP) is 2.31. The minimum Gasteiger partial charge on any atom is -0.619 e. The maximum atomic E-state index is 12.3. The summed E-state index contributed by atoms with van der Waals surface area (Å²) in [6.07, 6.45) is 2.40. The molecule has 1 amide bonds. The minimum atomic E-state index is -0.754. The van der Waals surface area contributed by atoms with Gasteiger partial charge >= 0.3 is 5.97 Å². The van der Waals surface area contributed by atoms with E-state index in [0.717, 1.165) is 18.0 Å². The Labute approximate surface area is 160 Å². The molecule has 1 aromatic heterocycles. The fourth-order valence-electron chi connectivity index (χ4n) is 2.23. The molecule has 9 heteroatoms. The smallest absolute Gasteiger partial charge is 0.323 e. The molecule has 0 unspecified atom stereocenters. The third-order valence-electron chi connectivity index (χ3n) is 3.44. The highest BCUT2D eigenvalue weighted by atomic mass is 35.5. The number of nitrogens with two attached hydrogens (primary N) is 1. The van der Waals surface area contributed by atoms with Crippen LogP contribution in [0.4, 0.5) is 5.69 Å². The Balaban J connectivity index is 2.05. The zero-order valence-electron chi connectivity index (χ0n) is 13.9. The molecule has 26 heavy (non-hydrogen) atoms. The normalized spacial score (nSPS) is 11.7. The number of ether oxygens (including phenoxy) is 1. The summed E-state index contributed by atoms with van der Waals surface area (Å²) in [6, 6.07) is 6.02. The van der Waals surface area contributed by atoms with Crippen molar-refractivity contribution in [3.8, 4) is 0 Å². The summed E-state index contributed by atoms with van der Waals surface area (Å²) >= 11 is 11.8. The van der Waals surface area contributed by atoms with Crippen molar-refractivity contribution in [2.24, 2.45) is 5.73 Å². The molecule has 7 nitrogen and oxygen atoms in total. The molecule has 0 saturated carbocycles. The standard InChI is InChI=1S/C17H17Cl2N3O4/c1-2-26-17(24)14(20)7-10-3-5-11(6-4-10)21-16(23)15-12(18)8-22(25)9-13(15)19/h3-6,8-9,14H,2,7,20H2,1H3,(H,21,23)/t14-/m0/s1. The number of nitrogens with zero attached hydrogens (tertiary/aromatic N) is 1. The van der Waals surface area contributed by atoms with Gasteiger partial charge in [-0.15, -0.1) is 0 Å². The SMILES string of the molecule is CCOC(=O)[C@@H](N)Cc1ccc(NC(=O)c2c(Cl)c[n+]([O-])cc2Cl)cc1. The van der Waals surface area contributed by atoms with Gasteiger partial charge < -0.3 is 21.0 Å². The summed E-state index contributed by atoms with van der Waals surface area (Å²) < 4.78 is 5.28. The molecular weight excluding hydrogens is 381 g/mol. The number of hydrogen-bond donors (Lipinski definition) is 2. The lowest BCUT2D eigenvalue weighted by molar-refractivity contribution is -0.605. The lowest BCUT2D eigenvalue weighted by Gasteiger charge is -2.11. The summed E-state index contributed by atoms with van der Waals surface area (Å²) in [6.45, 7) is 1.98. The number of nitrogens with one attached hydrogen (secondary N) is 1. The molecule has 0 fully saturated rings. The molecule has 3 N–H and O–H groups in total. The predicted molar refractivity (Wildman–Crippen MR) is 98.1 cm³/mol. The van der Waals surface area contributed by atoms with Gasteiger partial charge in [0.15, 0.2) is 12.4 Å². The van der Waals surface area contributed by atoms with Crippen molar-refractivity contribution in [2.45, 2.75) is 19.4 Å². The Bertz CT molecular complexity index is 789. The molecule has 0 aliphatic carbocycles. The summed E-state index contributed by atoms with van der Waals surface area (Å²) in [7, 11) is 0. The van der Waals surface area contributed by atoms with Gasteiger partial charge in [-0.2, -0.15) is 4.73 Å². The van der Waals surface area contributed by atoms with Gasteiger partial charge in [-0.1, -0.05) is 35.3 Å². The quantitative estimate of drug-likeness (QED) is 0.441. The number of esters is 1. The third-order valence-corrected chi connectivity index (χ3v) is 4.02. The molecule has 2 rings (SSSR count). The number of benzene rings is 1. The van der Waals surface area contributed by atoms with E-state index in [4.69, 9.17) is 33.7 Å². The third kappa shape index (κ3) is 5.08. The van der Waals surface area contributed by atoms with Crippen LogP contribution < -0.4 is 15.8 Å². The van der Waals surface area contributed by atoms with E-state index in [1.807, 2.05) is 0 Å². The summed E-state index contributed by atoms with van der Waals surface area (Å²) in [4.78, 5) is 23.9. The highest BCUT2D eigenvalue weighted by Crippen LogP contribution is 2.23. The zero-order valence-corrected chi connectivity index (χ0v) is 15.4. The largest absolute Gasteiger partial charge is 0.619 e. The molecule has 2 aromatic rings. The number of hydrogen-bond acceptors (Lipinski definition) is 5. The molecule has 1 aromatic carbocycles. The first kappa shape index (κ1) is 20.0. The Morgan fingerprint density at radius 3 is 2.35 bits per heavy atom. The van der Waals surface area contributed by atoms with E-state index in [0.29, 0.717) is 16.8 Å². The summed E-state index contributed by atoms with van der Waals surface area (Å²) in [5.74, 6) is -1.01. The van der Waals surface area contributed by atoms with Crippen LogP contribution in [-0.4, -0.2) is 24.5 Å². The van der Waals surface area contributed by atoms with E-state index >= 15 is 0 Å². The molecule has 1 heterocycles. The molecule has 1 atom stereocenters. The number of halogens is 2. The second-order valence-electron chi connectivity index (χ2n) is 5.40. The van der Waals surface area contributed by atoms with Crippen LogP contribution in [0.3, 0.4) is 0 Å². The fourth-order valence-corrected chi connectivity index (χ4v) is 2.84. The van der Waals surface area contributed by atoms with Crippen LogP contribution >= 0.6 is 23.2 Å². The monoisotopic (exact) mass is 397 g/mol. The average molecular weight is 398 g/mol. The van der Waals surface area contributed by atoms with Gasteiger partial charge in [-0.05, 0) is 31.0 Å². The van der Waals surface area contributed by atoms with E-state index < -0.39 is 17.9 Å². The number of pyridine rings is 1. The van der Waals surface area contributed by atoms with E-state index in [1.54, 1.807) is 31.2 Å². The van der Waals surface area contributed by atoms with Crippen LogP contribution in [0.2, 0.25) is 10.0 Å². The van der Waals surface area contributed by atoms with Crippen molar-refractivity contribution in [3.63, 3.8) is 0 Å². The Morgan fingerprint density at radius 2 is 1.81 bits per heavy atom. The summed E-state index contributed by atoms with van der Waals surface area (Å²) in [5.41, 5.74) is 7.09. The molecule has 0 spiro atoms. The van der Waals surface area contributed by atoms with E-state index in [-0.39, 0.29) is 22.2 Å². The van der Waals surface area contributed by atoms with Crippen LogP contribution in [0.25, 0.3) is 0 Å². The van der Waals surface area contributed by atoms with Crippen molar-refractivity contribution in [1.82, 2.24) is 0 Å². The van der Waals surface area contributed by atoms with Gasteiger partial charge in [0.1, 0.15) is 16.1 Å². The molecule has 0 aliphatic heterocycles. The second-order valence-corrected chi connectivity index (χ2v) is 6.22. The molecule has 0 radical (unpaired) electrons. The maximum absolute atomic E-state index is 12.3. The molecule has 0 saturated heterocycles. The lowest BCUT2D eigenvalue weighted by atomic mass is 10.1. The molecule has 0 bridgehead atoms. The van der Waals surface area contributed by atoms with Gasteiger partial charge in [0, 0.05) is 5.69 Å². The minimum absolute atomic E-state index is 0.00819. The lowest BCUT2D eigenvalue weighted by Crippen LogP contribution is -2.34. The first-order valence-electron chi connectivity index (χ1n) is 7.72. The van der Waals surface area contributed by atoms with Crippen LogP contribution in [-0.2, 0) is 16.0 Å². The van der Waals surface area contributed by atoms with Crippen LogP contribution in [0, 0.1) is 5.21 Å². The average Bonchev–Trinajstić information content (AvgIpc) is 2.55. The van der Waals surface area contributed by atoms with Crippen LogP contribution in [0.15, 0.2) is 36.7 Å². The van der Waals surface area contributed by atoms with Gasteiger partial charge in [0.25, 0.3) is 5.91 Å². The van der Waals surface area contributed by atoms with Crippen molar-refractivity contribution < 1.29 is 19.1 Å². The van der Waals surface area contributed by atoms with Crippen LogP contribution in [0.1, 0.15) is 22.8 Å². The van der Waals surface area contributed by atoms with Crippen molar-refractivity contribution in [3.05, 3.63) is 63.0 Å². The number of carbonyl (C=O) groups excluding carboxylic acids is 2. The van der Waals surface area contributed by atoms with Crippen molar-refractivity contribution in [2.75, 3.05) is 11.9 Å². The number of aromatic nitrogens is 1. The fraction of sp³-hybridized carbons (Fsp3) is 0.235. The van der Waals surface area contributed by atoms with E-state index in [2.05, 4.69) is 5.32 Å². The number of carbonyl (C=O) groups is 2. The van der Waals surface area contributed by atoms with E-state index in [9.17, 15) is 14.8 Å². The second kappa shape index (κ2) is 8.84. The van der Waals surface area contributed by atoms with Crippen molar-refractivity contribution >= 4 is 40.8 Å². The number of anilines is 1. The van der Waals surface area contributed by atoms with Gasteiger partial charge in [-0.25, -0.2) is 0 Å². The topological polar surface area (TPSA) is 108 Å². The van der Waals surface area contributed by atoms with Gasteiger partial charge in [-0.3, -0.25) is 9.59 Å². The highest BCUT2D eigenvalue weighted by molar-refractivity contribution is 6.40. The summed E-state index contributed by atoms with van der Waals surface area (Å²) in [5, 5.41) is 13.8. The van der Waals surface area contributed by atoms with Gasteiger partial charge in [0.2, 0.25) is 0 Å². The first-order valence-corrected chi connectivity index (χ1v) is 8.47. The number of rotatable bonds is 6. The zero-order chi connectivity index (χ0) is 19.3. The van der Waals surface area contributed by atoms with Gasteiger partial charge in [0.05, 0.1) is 12.2 Å². The number of amides is 1. The van der Waals surface area contributed by atoms with E-state index in [1.165, 1.54) is 0 Å².